The fourth-order valence-corrected chi connectivity index (χ4v) is 3.04. The van der Waals surface area contributed by atoms with E-state index < -0.39 is 0 Å². The van der Waals surface area contributed by atoms with Crippen LogP contribution >= 0.6 is 0 Å². The van der Waals surface area contributed by atoms with Gasteiger partial charge < -0.3 is 15.0 Å². The van der Waals surface area contributed by atoms with E-state index in [-0.39, 0.29) is 17.9 Å². The molecule has 2 N–H and O–H groups in total. The van der Waals surface area contributed by atoms with E-state index in [2.05, 4.69) is 10.3 Å². The molecular weight excluding hydrogens is 266 g/mol. The van der Waals surface area contributed by atoms with E-state index in [1.165, 1.54) is 0 Å². The summed E-state index contributed by atoms with van der Waals surface area (Å²) in [5.41, 5.74) is 2.48. The molecule has 1 saturated carbocycles. The number of aryl methyl sites for hydroxylation is 2. The molecule has 1 aliphatic carbocycles. The average molecular weight is 287 g/mol. The van der Waals surface area contributed by atoms with E-state index in [9.17, 15) is 9.90 Å². The highest BCUT2D eigenvalue weighted by atomic mass is 16.3. The van der Waals surface area contributed by atoms with Crippen molar-refractivity contribution in [1.82, 2.24) is 14.9 Å². The van der Waals surface area contributed by atoms with Gasteiger partial charge in [0.25, 0.3) is 5.91 Å². The molecular formula is C16H21N3O2. The molecule has 1 aliphatic rings. The minimum Gasteiger partial charge on any atom is -0.393 e. The van der Waals surface area contributed by atoms with E-state index in [0.717, 1.165) is 36.1 Å². The van der Waals surface area contributed by atoms with Crippen LogP contribution in [0.25, 0.3) is 11.0 Å². The normalized spacial score (nSPS) is 21.9. The van der Waals surface area contributed by atoms with Gasteiger partial charge in [-0.3, -0.25) is 4.79 Å². The molecule has 3 rings (SSSR count). The number of aliphatic hydroxyl groups is 1. The van der Waals surface area contributed by atoms with Gasteiger partial charge in [-0.1, -0.05) is 6.42 Å². The van der Waals surface area contributed by atoms with Crippen LogP contribution in [0.5, 0.6) is 0 Å². The number of carbonyl (C=O) groups excluding carboxylic acids is 1. The lowest BCUT2D eigenvalue weighted by Crippen LogP contribution is -2.32. The van der Waals surface area contributed by atoms with Crippen molar-refractivity contribution in [2.45, 2.75) is 32.3 Å². The van der Waals surface area contributed by atoms with Crippen molar-refractivity contribution in [2.24, 2.45) is 13.0 Å². The van der Waals surface area contributed by atoms with Gasteiger partial charge in [0.2, 0.25) is 0 Å². The molecule has 2 aromatic rings. The average Bonchev–Trinajstić information content (AvgIpc) is 3.00. The molecule has 1 fully saturated rings. The molecule has 0 aliphatic heterocycles. The predicted octanol–water partition coefficient (Wildman–Crippen LogP) is 1.77. The molecule has 0 radical (unpaired) electrons. The zero-order chi connectivity index (χ0) is 15.0. The summed E-state index contributed by atoms with van der Waals surface area (Å²) in [4.78, 5) is 16.7. The topological polar surface area (TPSA) is 67.2 Å². The first-order valence-corrected chi connectivity index (χ1v) is 7.45. The van der Waals surface area contributed by atoms with Gasteiger partial charge in [0.15, 0.2) is 0 Å². The number of hydrogen-bond acceptors (Lipinski definition) is 3. The molecule has 1 aromatic heterocycles. The van der Waals surface area contributed by atoms with E-state index in [1.807, 2.05) is 36.7 Å². The summed E-state index contributed by atoms with van der Waals surface area (Å²) in [6, 6.07) is 5.57. The molecule has 1 aromatic carbocycles. The van der Waals surface area contributed by atoms with Gasteiger partial charge in [-0.15, -0.1) is 0 Å². The fourth-order valence-electron chi connectivity index (χ4n) is 3.04. The van der Waals surface area contributed by atoms with Crippen molar-refractivity contribution in [3.63, 3.8) is 0 Å². The number of amides is 1. The van der Waals surface area contributed by atoms with Crippen LogP contribution in [-0.2, 0) is 7.05 Å². The summed E-state index contributed by atoms with van der Waals surface area (Å²) >= 11 is 0. The molecule has 2 atom stereocenters. The van der Waals surface area contributed by atoms with Crippen LogP contribution < -0.4 is 5.32 Å². The van der Waals surface area contributed by atoms with E-state index in [0.29, 0.717) is 12.1 Å². The lowest BCUT2D eigenvalue weighted by molar-refractivity contribution is 0.0917. The summed E-state index contributed by atoms with van der Waals surface area (Å²) in [5, 5.41) is 12.7. The van der Waals surface area contributed by atoms with Gasteiger partial charge in [-0.05, 0) is 38.0 Å². The lowest BCUT2D eigenvalue weighted by Gasteiger charge is -2.15. The third-order valence-electron chi connectivity index (χ3n) is 4.51. The van der Waals surface area contributed by atoms with Crippen LogP contribution in [0.15, 0.2) is 18.2 Å². The number of hydrogen-bond donors (Lipinski definition) is 2. The fraction of sp³-hybridized carbons (Fsp3) is 0.500. The van der Waals surface area contributed by atoms with Crippen molar-refractivity contribution in [2.75, 3.05) is 6.54 Å². The smallest absolute Gasteiger partial charge is 0.251 e. The number of fused-ring (bicyclic) bond motifs is 1. The van der Waals surface area contributed by atoms with Crippen LogP contribution in [0.1, 0.15) is 35.4 Å². The van der Waals surface area contributed by atoms with Crippen LogP contribution in [0.2, 0.25) is 0 Å². The van der Waals surface area contributed by atoms with Crippen molar-refractivity contribution in [3.8, 4) is 0 Å². The Morgan fingerprint density at radius 3 is 3.00 bits per heavy atom. The first kappa shape index (κ1) is 14.1. The van der Waals surface area contributed by atoms with Crippen LogP contribution in [0.4, 0.5) is 0 Å². The summed E-state index contributed by atoms with van der Waals surface area (Å²) in [5.74, 6) is 1.02. The number of nitrogens with one attached hydrogen (secondary N) is 1. The van der Waals surface area contributed by atoms with Crippen molar-refractivity contribution >= 4 is 16.9 Å². The second-order valence-electron chi connectivity index (χ2n) is 5.89. The Hall–Kier alpha value is -1.88. The Bertz CT molecular complexity index is 677. The van der Waals surface area contributed by atoms with Crippen LogP contribution in [-0.4, -0.2) is 33.2 Å². The molecule has 0 spiro atoms. The molecule has 5 heteroatoms. The SMILES string of the molecule is Cc1nc2cc(C(=O)NCC3CCCC3O)ccc2n1C. The first-order valence-electron chi connectivity index (χ1n) is 7.45. The third-order valence-corrected chi connectivity index (χ3v) is 4.51. The Morgan fingerprint density at radius 2 is 2.29 bits per heavy atom. The molecule has 2 unspecified atom stereocenters. The Kier molecular flexibility index (Phi) is 3.68. The second kappa shape index (κ2) is 5.48. The standard InChI is InChI=1S/C16H21N3O2/c1-10-18-13-8-11(6-7-14(13)19(10)2)16(21)17-9-12-4-3-5-15(12)20/h6-8,12,15,20H,3-5,9H2,1-2H3,(H,17,21). The number of carbonyl (C=O) groups is 1. The van der Waals surface area contributed by atoms with E-state index in [1.54, 1.807) is 0 Å². The van der Waals surface area contributed by atoms with Gasteiger partial charge in [-0.2, -0.15) is 0 Å². The van der Waals surface area contributed by atoms with Crippen molar-refractivity contribution < 1.29 is 9.90 Å². The Balaban J connectivity index is 1.72. The zero-order valence-electron chi connectivity index (χ0n) is 12.5. The molecule has 0 bridgehead atoms. The summed E-state index contributed by atoms with van der Waals surface area (Å²) in [6.07, 6.45) is 2.60. The predicted molar refractivity (Wildman–Crippen MR) is 81.1 cm³/mol. The van der Waals surface area contributed by atoms with Gasteiger partial charge in [0.1, 0.15) is 5.82 Å². The molecule has 21 heavy (non-hydrogen) atoms. The molecule has 1 heterocycles. The number of aliphatic hydroxyl groups excluding tert-OH is 1. The Labute approximate surface area is 124 Å². The highest BCUT2D eigenvalue weighted by Gasteiger charge is 2.25. The quantitative estimate of drug-likeness (QED) is 0.904. The highest BCUT2D eigenvalue weighted by molar-refractivity contribution is 5.97. The molecule has 1 amide bonds. The number of imidazole rings is 1. The van der Waals surface area contributed by atoms with Crippen LogP contribution in [0, 0.1) is 12.8 Å². The maximum absolute atomic E-state index is 12.2. The lowest BCUT2D eigenvalue weighted by atomic mass is 10.1. The van der Waals surface area contributed by atoms with Gasteiger partial charge in [-0.25, -0.2) is 4.98 Å². The van der Waals surface area contributed by atoms with Gasteiger partial charge >= 0.3 is 0 Å². The third kappa shape index (κ3) is 2.65. The highest BCUT2D eigenvalue weighted by Crippen LogP contribution is 2.24. The minimum absolute atomic E-state index is 0.0979. The van der Waals surface area contributed by atoms with E-state index in [4.69, 9.17) is 0 Å². The monoisotopic (exact) mass is 287 g/mol. The maximum atomic E-state index is 12.2. The largest absolute Gasteiger partial charge is 0.393 e. The number of nitrogens with zero attached hydrogens (tertiary/aromatic N) is 2. The molecule has 112 valence electrons. The van der Waals surface area contributed by atoms with Gasteiger partial charge in [0.05, 0.1) is 17.1 Å². The molecule has 0 saturated heterocycles. The number of rotatable bonds is 3. The van der Waals surface area contributed by atoms with Crippen molar-refractivity contribution in [1.29, 1.82) is 0 Å². The number of aromatic nitrogens is 2. The second-order valence-corrected chi connectivity index (χ2v) is 5.89. The van der Waals surface area contributed by atoms with E-state index >= 15 is 0 Å². The van der Waals surface area contributed by atoms with Crippen molar-refractivity contribution in [3.05, 3.63) is 29.6 Å². The summed E-state index contributed by atoms with van der Waals surface area (Å²) < 4.78 is 2.01. The van der Waals surface area contributed by atoms with Gasteiger partial charge in [0, 0.05) is 25.1 Å². The first-order chi connectivity index (χ1) is 10.1. The molecule has 5 nitrogen and oxygen atoms in total. The summed E-state index contributed by atoms with van der Waals surface area (Å²) in [7, 11) is 1.96. The zero-order valence-corrected chi connectivity index (χ0v) is 12.5. The van der Waals surface area contributed by atoms with Crippen LogP contribution in [0.3, 0.4) is 0 Å². The Morgan fingerprint density at radius 1 is 1.48 bits per heavy atom. The maximum Gasteiger partial charge on any atom is 0.251 e. The summed E-state index contributed by atoms with van der Waals surface area (Å²) in [6.45, 7) is 2.49. The number of benzene rings is 1. The minimum atomic E-state index is -0.272.